The molecule has 2 aromatic carbocycles. The van der Waals surface area contributed by atoms with Crippen molar-refractivity contribution in [3.63, 3.8) is 0 Å². The molecule has 0 amide bonds. The van der Waals surface area contributed by atoms with E-state index < -0.39 is 0 Å². The number of alkyl halides is 1. The Morgan fingerprint density at radius 1 is 1.25 bits per heavy atom. The summed E-state index contributed by atoms with van der Waals surface area (Å²) in [5.41, 5.74) is 8.81. The molecular formula is C18H16BrClN2O2. The SMILES string of the molecule is N#CC=Cc1cc(Cl)cc(Oc2ccc(CN)cc2COCBr)c1. The highest BCUT2D eigenvalue weighted by Crippen LogP contribution is 2.30. The molecule has 0 aliphatic heterocycles. The van der Waals surface area contributed by atoms with Crippen LogP contribution >= 0.6 is 27.5 Å². The fourth-order valence-electron chi connectivity index (χ4n) is 2.12. The van der Waals surface area contributed by atoms with Crippen LogP contribution < -0.4 is 10.5 Å². The number of rotatable bonds is 7. The van der Waals surface area contributed by atoms with Gasteiger partial charge in [0.25, 0.3) is 0 Å². The van der Waals surface area contributed by atoms with Crippen molar-refractivity contribution in [2.24, 2.45) is 5.73 Å². The van der Waals surface area contributed by atoms with Gasteiger partial charge in [-0.25, -0.2) is 0 Å². The van der Waals surface area contributed by atoms with Gasteiger partial charge in [0, 0.05) is 23.2 Å². The zero-order chi connectivity index (χ0) is 17.4. The van der Waals surface area contributed by atoms with Crippen molar-refractivity contribution in [2.45, 2.75) is 13.2 Å². The summed E-state index contributed by atoms with van der Waals surface area (Å²) in [6.45, 7) is 0.845. The quantitative estimate of drug-likeness (QED) is 0.518. The van der Waals surface area contributed by atoms with E-state index in [2.05, 4.69) is 15.9 Å². The molecule has 0 heterocycles. The van der Waals surface area contributed by atoms with Crippen LogP contribution in [0.15, 0.2) is 42.5 Å². The van der Waals surface area contributed by atoms with Gasteiger partial charge in [-0.3, -0.25) is 0 Å². The van der Waals surface area contributed by atoms with Crippen molar-refractivity contribution in [3.05, 3.63) is 64.2 Å². The van der Waals surface area contributed by atoms with Crippen LogP contribution in [0.2, 0.25) is 5.02 Å². The fourth-order valence-corrected chi connectivity index (χ4v) is 2.52. The second-order valence-corrected chi connectivity index (χ2v) is 5.78. The molecule has 0 aromatic heterocycles. The van der Waals surface area contributed by atoms with Crippen molar-refractivity contribution >= 4 is 33.6 Å². The Bertz CT molecular complexity index is 772. The van der Waals surface area contributed by atoms with Gasteiger partial charge in [-0.1, -0.05) is 33.6 Å². The summed E-state index contributed by atoms with van der Waals surface area (Å²) in [6.07, 6.45) is 3.06. The monoisotopic (exact) mass is 406 g/mol. The number of hydrogen-bond donors (Lipinski definition) is 1. The standard InChI is InChI=1S/C18H16BrClN2O2/c19-12-23-11-15-6-14(10-22)3-4-18(15)24-17-8-13(2-1-5-21)7-16(20)9-17/h1-4,6-9H,10-12,22H2. The Balaban J connectivity index is 2.31. The number of nitrogens with two attached hydrogens (primary N) is 1. The first-order valence-electron chi connectivity index (χ1n) is 7.16. The number of hydrogen-bond acceptors (Lipinski definition) is 4. The van der Waals surface area contributed by atoms with Crippen LogP contribution in [-0.4, -0.2) is 5.52 Å². The van der Waals surface area contributed by atoms with Crippen LogP contribution in [0.1, 0.15) is 16.7 Å². The highest BCUT2D eigenvalue weighted by Gasteiger charge is 2.08. The van der Waals surface area contributed by atoms with Crippen LogP contribution in [0.5, 0.6) is 11.5 Å². The molecule has 2 N–H and O–H groups in total. The van der Waals surface area contributed by atoms with Gasteiger partial charge in [0.1, 0.15) is 17.0 Å². The Kier molecular flexibility index (Phi) is 7.29. The Morgan fingerprint density at radius 2 is 2.08 bits per heavy atom. The highest BCUT2D eigenvalue weighted by atomic mass is 79.9. The molecule has 6 heteroatoms. The first-order chi connectivity index (χ1) is 11.7. The lowest BCUT2D eigenvalue weighted by Crippen LogP contribution is -2.00. The van der Waals surface area contributed by atoms with Crippen molar-refractivity contribution in [3.8, 4) is 17.6 Å². The first-order valence-corrected chi connectivity index (χ1v) is 8.66. The van der Waals surface area contributed by atoms with Gasteiger partial charge in [-0.2, -0.15) is 5.26 Å². The predicted molar refractivity (Wildman–Crippen MR) is 99.1 cm³/mol. The topological polar surface area (TPSA) is 68.3 Å². The Labute approximate surface area is 154 Å². The third kappa shape index (κ3) is 5.36. The molecule has 0 saturated heterocycles. The summed E-state index contributed by atoms with van der Waals surface area (Å²) in [5.74, 6) is 1.26. The lowest BCUT2D eigenvalue weighted by molar-refractivity contribution is 0.170. The highest BCUT2D eigenvalue weighted by molar-refractivity contribution is 9.09. The van der Waals surface area contributed by atoms with Gasteiger partial charge in [0.15, 0.2) is 0 Å². The van der Waals surface area contributed by atoms with Crippen molar-refractivity contribution in [2.75, 3.05) is 5.52 Å². The van der Waals surface area contributed by atoms with E-state index in [1.807, 2.05) is 30.3 Å². The molecule has 0 aliphatic carbocycles. The number of nitriles is 1. The van der Waals surface area contributed by atoms with Gasteiger partial charge < -0.3 is 15.2 Å². The second-order valence-electron chi connectivity index (χ2n) is 4.89. The number of ether oxygens (including phenoxy) is 2. The van der Waals surface area contributed by atoms with Crippen molar-refractivity contribution in [1.29, 1.82) is 5.26 Å². The summed E-state index contributed by atoms with van der Waals surface area (Å²) in [6, 6.07) is 13.0. The maximum absolute atomic E-state index is 8.64. The van der Waals surface area contributed by atoms with Crippen LogP contribution in [0.4, 0.5) is 0 Å². The zero-order valence-corrected chi connectivity index (χ0v) is 15.2. The van der Waals surface area contributed by atoms with Gasteiger partial charge in [-0.15, -0.1) is 0 Å². The number of benzene rings is 2. The summed E-state index contributed by atoms with van der Waals surface area (Å²) < 4.78 is 11.4. The van der Waals surface area contributed by atoms with E-state index in [-0.39, 0.29) is 0 Å². The van der Waals surface area contributed by atoms with Gasteiger partial charge >= 0.3 is 0 Å². The van der Waals surface area contributed by atoms with E-state index >= 15 is 0 Å². The van der Waals surface area contributed by atoms with E-state index in [1.165, 1.54) is 6.08 Å². The molecule has 0 saturated carbocycles. The van der Waals surface area contributed by atoms with Crippen LogP contribution in [0.25, 0.3) is 6.08 Å². The average Bonchev–Trinajstić information content (AvgIpc) is 2.58. The molecule has 4 nitrogen and oxygen atoms in total. The fraction of sp³-hybridized carbons (Fsp3) is 0.167. The summed E-state index contributed by atoms with van der Waals surface area (Å²) in [5, 5.41) is 9.17. The lowest BCUT2D eigenvalue weighted by Gasteiger charge is -2.13. The molecule has 0 atom stereocenters. The minimum atomic E-state index is 0.399. The van der Waals surface area contributed by atoms with Crippen molar-refractivity contribution in [1.82, 2.24) is 0 Å². The molecule has 0 fully saturated rings. The molecule has 0 unspecified atom stereocenters. The molecule has 0 radical (unpaired) electrons. The molecule has 0 aliphatic rings. The zero-order valence-electron chi connectivity index (χ0n) is 12.8. The number of halogens is 2. The third-order valence-electron chi connectivity index (χ3n) is 3.17. The minimum absolute atomic E-state index is 0.399. The summed E-state index contributed by atoms with van der Waals surface area (Å²) in [7, 11) is 0. The normalized spacial score (nSPS) is 10.8. The van der Waals surface area contributed by atoms with E-state index in [1.54, 1.807) is 18.2 Å². The van der Waals surface area contributed by atoms with E-state index in [0.29, 0.717) is 35.2 Å². The van der Waals surface area contributed by atoms with Crippen LogP contribution in [0.3, 0.4) is 0 Å². The van der Waals surface area contributed by atoms with Crippen LogP contribution in [-0.2, 0) is 17.9 Å². The van der Waals surface area contributed by atoms with Crippen LogP contribution in [0, 0.1) is 11.3 Å². The van der Waals surface area contributed by atoms with Gasteiger partial charge in [0.05, 0.1) is 12.7 Å². The predicted octanol–water partition coefficient (Wildman–Crippen LogP) is 5.00. The Morgan fingerprint density at radius 3 is 2.79 bits per heavy atom. The maximum Gasteiger partial charge on any atom is 0.132 e. The maximum atomic E-state index is 8.64. The molecule has 2 rings (SSSR count). The van der Waals surface area contributed by atoms with Crippen molar-refractivity contribution < 1.29 is 9.47 Å². The molecule has 24 heavy (non-hydrogen) atoms. The molecule has 0 bridgehead atoms. The molecule has 2 aromatic rings. The van der Waals surface area contributed by atoms with E-state index in [4.69, 9.17) is 32.1 Å². The van der Waals surface area contributed by atoms with Gasteiger partial charge in [-0.05, 0) is 47.5 Å². The summed E-state index contributed by atoms with van der Waals surface area (Å²) in [4.78, 5) is 0. The molecular weight excluding hydrogens is 392 g/mol. The smallest absolute Gasteiger partial charge is 0.132 e. The minimum Gasteiger partial charge on any atom is -0.457 e. The molecule has 124 valence electrons. The van der Waals surface area contributed by atoms with E-state index in [9.17, 15) is 0 Å². The first kappa shape index (κ1) is 18.5. The average molecular weight is 408 g/mol. The largest absolute Gasteiger partial charge is 0.457 e. The van der Waals surface area contributed by atoms with E-state index in [0.717, 1.165) is 16.7 Å². The number of allylic oxidation sites excluding steroid dienone is 1. The third-order valence-corrected chi connectivity index (χ3v) is 3.71. The molecule has 0 spiro atoms. The Hall–Kier alpha value is -1.84. The second kappa shape index (κ2) is 9.45. The summed E-state index contributed by atoms with van der Waals surface area (Å²) >= 11 is 9.36. The van der Waals surface area contributed by atoms with Gasteiger partial charge in [0.2, 0.25) is 0 Å². The number of nitrogens with zero attached hydrogens (tertiary/aromatic N) is 1. The lowest BCUT2D eigenvalue weighted by atomic mass is 10.1.